The molecule has 0 aromatic carbocycles. The lowest BCUT2D eigenvalue weighted by Crippen LogP contribution is -2.46. The average Bonchev–Trinajstić information content (AvgIpc) is 2.25. The summed E-state index contributed by atoms with van der Waals surface area (Å²) in [6.45, 7) is 7.37. The molecular weight excluding hydrogens is 204 g/mol. The van der Waals surface area contributed by atoms with Crippen molar-refractivity contribution in [3.8, 4) is 0 Å². The third-order valence-electron chi connectivity index (χ3n) is 3.08. The number of nitrogens with one attached hydrogen (secondary N) is 1. The highest BCUT2D eigenvalue weighted by Crippen LogP contribution is 2.20. The predicted molar refractivity (Wildman–Crippen MR) is 65.7 cm³/mol. The van der Waals surface area contributed by atoms with E-state index in [0.717, 1.165) is 39.0 Å². The summed E-state index contributed by atoms with van der Waals surface area (Å²) in [4.78, 5) is 2.20. The molecular formula is C12H26N2O2. The maximum Gasteiger partial charge on any atom is 0.0817 e. The molecule has 1 fully saturated rings. The quantitative estimate of drug-likeness (QED) is 0.624. The van der Waals surface area contributed by atoms with Gasteiger partial charge in [-0.25, -0.2) is 0 Å². The van der Waals surface area contributed by atoms with Crippen LogP contribution in [0.4, 0.5) is 0 Å². The summed E-state index contributed by atoms with van der Waals surface area (Å²) in [6.07, 6.45) is 2.70. The molecule has 0 amide bonds. The van der Waals surface area contributed by atoms with Crippen LogP contribution in [0.15, 0.2) is 0 Å². The van der Waals surface area contributed by atoms with Crippen LogP contribution >= 0.6 is 0 Å². The van der Waals surface area contributed by atoms with Gasteiger partial charge < -0.3 is 20.1 Å². The zero-order valence-corrected chi connectivity index (χ0v) is 10.7. The molecule has 1 heterocycles. The van der Waals surface area contributed by atoms with E-state index in [9.17, 15) is 5.11 Å². The van der Waals surface area contributed by atoms with Crippen molar-refractivity contribution in [3.63, 3.8) is 0 Å². The van der Waals surface area contributed by atoms with E-state index in [1.165, 1.54) is 6.42 Å². The van der Waals surface area contributed by atoms with Crippen molar-refractivity contribution in [1.29, 1.82) is 0 Å². The molecule has 0 atom stereocenters. The van der Waals surface area contributed by atoms with Gasteiger partial charge in [-0.3, -0.25) is 0 Å². The minimum Gasteiger partial charge on any atom is -0.388 e. The van der Waals surface area contributed by atoms with Crippen LogP contribution in [0.3, 0.4) is 0 Å². The molecule has 1 rings (SSSR count). The van der Waals surface area contributed by atoms with Crippen molar-refractivity contribution < 1.29 is 9.84 Å². The fraction of sp³-hybridized carbons (Fsp3) is 1.00. The Labute approximate surface area is 99.0 Å². The summed E-state index contributed by atoms with van der Waals surface area (Å²) in [5.74, 6) is 0. The molecule has 0 aromatic heterocycles. The van der Waals surface area contributed by atoms with E-state index in [4.69, 9.17) is 4.74 Å². The maximum atomic E-state index is 10.3. The first-order valence-electron chi connectivity index (χ1n) is 6.36. The number of aliphatic hydroxyl groups is 1. The van der Waals surface area contributed by atoms with Gasteiger partial charge in [0.2, 0.25) is 0 Å². The van der Waals surface area contributed by atoms with Crippen LogP contribution in [0.25, 0.3) is 0 Å². The van der Waals surface area contributed by atoms with Crippen LogP contribution < -0.4 is 5.32 Å². The Balaban J connectivity index is 2.14. The lowest BCUT2D eigenvalue weighted by atomic mass is 9.94. The first-order valence-corrected chi connectivity index (χ1v) is 6.36. The highest BCUT2D eigenvalue weighted by Gasteiger charge is 2.30. The second-order valence-corrected chi connectivity index (χ2v) is 4.82. The van der Waals surface area contributed by atoms with Crippen molar-refractivity contribution in [2.45, 2.75) is 31.8 Å². The van der Waals surface area contributed by atoms with Gasteiger partial charge in [-0.2, -0.15) is 0 Å². The molecule has 1 saturated heterocycles. The fourth-order valence-corrected chi connectivity index (χ4v) is 2.06. The normalized spacial score (nSPS) is 20.2. The van der Waals surface area contributed by atoms with E-state index >= 15 is 0 Å². The average molecular weight is 230 g/mol. The van der Waals surface area contributed by atoms with Crippen LogP contribution in [0.1, 0.15) is 26.2 Å². The number of hydrogen-bond donors (Lipinski definition) is 2. The maximum absolute atomic E-state index is 10.3. The van der Waals surface area contributed by atoms with Gasteiger partial charge in [0.25, 0.3) is 0 Å². The second-order valence-electron chi connectivity index (χ2n) is 4.82. The highest BCUT2D eigenvalue weighted by molar-refractivity contribution is 4.84. The Morgan fingerprint density at radius 2 is 2.00 bits per heavy atom. The molecule has 16 heavy (non-hydrogen) atoms. The molecule has 4 heteroatoms. The van der Waals surface area contributed by atoms with Gasteiger partial charge in [-0.15, -0.1) is 0 Å². The molecule has 4 nitrogen and oxygen atoms in total. The van der Waals surface area contributed by atoms with Crippen molar-refractivity contribution in [1.82, 2.24) is 10.2 Å². The largest absolute Gasteiger partial charge is 0.388 e. The van der Waals surface area contributed by atoms with Gasteiger partial charge in [0.05, 0.1) is 5.60 Å². The zero-order valence-electron chi connectivity index (χ0n) is 10.7. The highest BCUT2D eigenvalue weighted by atomic mass is 16.5. The van der Waals surface area contributed by atoms with Crippen LogP contribution in [0.2, 0.25) is 0 Å². The Bertz CT molecular complexity index is 182. The van der Waals surface area contributed by atoms with E-state index in [1.807, 2.05) is 0 Å². The van der Waals surface area contributed by atoms with Gasteiger partial charge >= 0.3 is 0 Å². The van der Waals surface area contributed by atoms with E-state index in [-0.39, 0.29) is 0 Å². The summed E-state index contributed by atoms with van der Waals surface area (Å²) in [5.41, 5.74) is -0.530. The van der Waals surface area contributed by atoms with Crippen LogP contribution in [0.5, 0.6) is 0 Å². The standard InChI is InChI=1S/C12H26N2O2/c1-3-6-13-7-8-14(2)11-12(15)4-9-16-10-5-12/h13,15H,3-11H2,1-2H3. The Kier molecular flexibility index (Phi) is 6.28. The molecule has 0 bridgehead atoms. The zero-order chi connectivity index (χ0) is 11.9. The third kappa shape index (κ3) is 5.25. The molecule has 0 saturated carbocycles. The molecule has 0 aromatic rings. The molecule has 0 aliphatic carbocycles. The molecule has 96 valence electrons. The van der Waals surface area contributed by atoms with Gasteiger partial charge in [0.15, 0.2) is 0 Å². The molecule has 1 aliphatic heterocycles. The lowest BCUT2D eigenvalue weighted by Gasteiger charge is -2.35. The second kappa shape index (κ2) is 7.22. The van der Waals surface area contributed by atoms with Gasteiger partial charge in [0, 0.05) is 45.7 Å². The summed E-state index contributed by atoms with van der Waals surface area (Å²) in [7, 11) is 2.07. The summed E-state index contributed by atoms with van der Waals surface area (Å²) in [5, 5.41) is 13.7. The minimum atomic E-state index is -0.530. The number of ether oxygens (including phenoxy) is 1. The van der Waals surface area contributed by atoms with E-state index in [0.29, 0.717) is 13.2 Å². The number of hydrogen-bond acceptors (Lipinski definition) is 4. The molecule has 0 spiro atoms. The first-order chi connectivity index (χ1) is 7.66. The summed E-state index contributed by atoms with van der Waals surface area (Å²) in [6, 6.07) is 0. The minimum absolute atomic E-state index is 0.530. The van der Waals surface area contributed by atoms with Gasteiger partial charge in [-0.1, -0.05) is 6.92 Å². The number of nitrogens with zero attached hydrogens (tertiary/aromatic N) is 1. The van der Waals surface area contributed by atoms with Crippen molar-refractivity contribution in [3.05, 3.63) is 0 Å². The Hall–Kier alpha value is -0.160. The predicted octanol–water partition coefficient (Wildman–Crippen LogP) is 0.459. The Morgan fingerprint density at radius 3 is 2.62 bits per heavy atom. The third-order valence-corrected chi connectivity index (χ3v) is 3.08. The SMILES string of the molecule is CCCNCCN(C)CC1(O)CCOCC1. The molecule has 0 radical (unpaired) electrons. The van der Waals surface area contributed by atoms with Gasteiger partial charge in [-0.05, 0) is 20.0 Å². The topological polar surface area (TPSA) is 44.7 Å². The van der Waals surface area contributed by atoms with E-state index in [1.54, 1.807) is 0 Å². The number of rotatable bonds is 7. The van der Waals surface area contributed by atoms with Crippen molar-refractivity contribution >= 4 is 0 Å². The number of likely N-dealkylation sites (N-methyl/N-ethyl adjacent to an activating group) is 1. The first kappa shape index (κ1) is 13.9. The summed E-state index contributed by atoms with van der Waals surface area (Å²) < 4.78 is 5.27. The van der Waals surface area contributed by atoms with E-state index < -0.39 is 5.60 Å². The molecule has 2 N–H and O–H groups in total. The van der Waals surface area contributed by atoms with Crippen LogP contribution in [-0.2, 0) is 4.74 Å². The van der Waals surface area contributed by atoms with Crippen molar-refractivity contribution in [2.24, 2.45) is 0 Å². The van der Waals surface area contributed by atoms with E-state index in [2.05, 4.69) is 24.2 Å². The van der Waals surface area contributed by atoms with Crippen molar-refractivity contribution in [2.75, 3.05) is 46.4 Å². The lowest BCUT2D eigenvalue weighted by molar-refractivity contribution is -0.0766. The van der Waals surface area contributed by atoms with Crippen LogP contribution in [0, 0.1) is 0 Å². The Morgan fingerprint density at radius 1 is 1.31 bits per heavy atom. The smallest absolute Gasteiger partial charge is 0.0817 e. The van der Waals surface area contributed by atoms with Gasteiger partial charge in [0.1, 0.15) is 0 Å². The molecule has 1 aliphatic rings. The fourth-order valence-electron chi connectivity index (χ4n) is 2.06. The summed E-state index contributed by atoms with van der Waals surface area (Å²) >= 11 is 0. The monoisotopic (exact) mass is 230 g/mol. The van der Waals surface area contributed by atoms with Crippen LogP contribution in [-0.4, -0.2) is 62.0 Å². The molecule has 0 unspecified atom stereocenters.